The van der Waals surface area contributed by atoms with Gasteiger partial charge in [-0.2, -0.15) is 0 Å². The molecule has 2 heterocycles. The Kier molecular flexibility index (Phi) is 1.59. The predicted octanol–water partition coefficient (Wildman–Crippen LogP) is 0.975. The van der Waals surface area contributed by atoms with Gasteiger partial charge in [0.05, 0.1) is 0 Å². The maximum atomic E-state index is 4.04. The summed E-state index contributed by atoms with van der Waals surface area (Å²) < 4.78 is 0. The number of aromatic amines is 1. The van der Waals surface area contributed by atoms with E-state index in [1.165, 1.54) is 0 Å². The summed E-state index contributed by atoms with van der Waals surface area (Å²) in [4.78, 5) is 6.83. The number of nitrogens with one attached hydrogen (secondary N) is 1. The van der Waals surface area contributed by atoms with Crippen LogP contribution in [0.15, 0.2) is 18.5 Å². The first-order chi connectivity index (χ1) is 5.86. The molecule has 0 unspecified atom stereocenters. The van der Waals surface area contributed by atoms with Crippen molar-refractivity contribution in [2.45, 2.75) is 6.92 Å². The lowest BCUT2D eigenvalue weighted by Crippen LogP contribution is -1.83. The van der Waals surface area contributed by atoms with E-state index in [0.29, 0.717) is 5.82 Å². The van der Waals surface area contributed by atoms with Crippen LogP contribution in [0.5, 0.6) is 0 Å². The van der Waals surface area contributed by atoms with Crippen molar-refractivity contribution in [2.24, 2.45) is 0 Å². The van der Waals surface area contributed by atoms with Gasteiger partial charge in [-0.15, -0.1) is 10.2 Å². The van der Waals surface area contributed by atoms with Crippen LogP contribution in [0.25, 0.3) is 11.4 Å². The molecular formula is C8H7N4. The smallest absolute Gasteiger partial charge is 0.199 e. The van der Waals surface area contributed by atoms with E-state index in [1.54, 1.807) is 12.4 Å². The van der Waals surface area contributed by atoms with Gasteiger partial charge in [0, 0.05) is 18.0 Å². The van der Waals surface area contributed by atoms with Crippen molar-refractivity contribution in [1.29, 1.82) is 0 Å². The molecule has 1 N–H and O–H groups in total. The number of rotatable bonds is 1. The SMILES string of the molecule is Cc1cncc(-c2nn[c][nH]2)c1. The maximum Gasteiger partial charge on any atom is 0.199 e. The first-order valence-electron chi connectivity index (χ1n) is 3.57. The molecule has 0 amide bonds. The Hall–Kier alpha value is -1.71. The van der Waals surface area contributed by atoms with Crippen LogP contribution in [0.1, 0.15) is 5.56 Å². The average Bonchev–Trinajstić information content (AvgIpc) is 2.56. The highest BCUT2D eigenvalue weighted by molar-refractivity contribution is 5.53. The Bertz CT molecular complexity index is 366. The molecule has 0 aliphatic rings. The van der Waals surface area contributed by atoms with Crippen molar-refractivity contribution in [2.75, 3.05) is 0 Å². The Labute approximate surface area is 69.7 Å². The van der Waals surface area contributed by atoms with Gasteiger partial charge in [-0.05, 0) is 18.6 Å². The van der Waals surface area contributed by atoms with Gasteiger partial charge in [0.2, 0.25) is 0 Å². The standard InChI is InChI=1S/C8H7N4/c1-6-2-7(4-9-3-6)8-10-5-11-12-8/h2-4H,1H3,(H,10,11,12). The molecule has 0 saturated heterocycles. The molecule has 0 saturated carbocycles. The highest BCUT2D eigenvalue weighted by atomic mass is 15.2. The third kappa shape index (κ3) is 1.18. The average molecular weight is 159 g/mol. The molecule has 0 bridgehead atoms. The quantitative estimate of drug-likeness (QED) is 0.674. The molecule has 2 aromatic rings. The molecule has 12 heavy (non-hydrogen) atoms. The second-order valence-electron chi connectivity index (χ2n) is 2.54. The first kappa shape index (κ1) is 6.97. The maximum absolute atomic E-state index is 4.04. The van der Waals surface area contributed by atoms with Crippen LogP contribution < -0.4 is 0 Å². The van der Waals surface area contributed by atoms with Crippen molar-refractivity contribution < 1.29 is 0 Å². The highest BCUT2D eigenvalue weighted by Gasteiger charge is 1.99. The summed E-state index contributed by atoms with van der Waals surface area (Å²) in [7, 11) is 0. The van der Waals surface area contributed by atoms with Crippen molar-refractivity contribution in [3.05, 3.63) is 30.4 Å². The van der Waals surface area contributed by atoms with Crippen LogP contribution in [0.2, 0.25) is 0 Å². The van der Waals surface area contributed by atoms with Crippen LogP contribution in [-0.2, 0) is 0 Å². The molecule has 0 aliphatic heterocycles. The van der Waals surface area contributed by atoms with Crippen LogP contribution in [0.3, 0.4) is 0 Å². The number of hydrogen-bond acceptors (Lipinski definition) is 3. The summed E-state index contributed by atoms with van der Waals surface area (Å²) in [5.74, 6) is 0.700. The molecule has 0 aliphatic carbocycles. The van der Waals surface area contributed by atoms with E-state index in [4.69, 9.17) is 0 Å². The van der Waals surface area contributed by atoms with Crippen molar-refractivity contribution in [1.82, 2.24) is 20.2 Å². The van der Waals surface area contributed by atoms with Gasteiger partial charge < -0.3 is 4.98 Å². The lowest BCUT2D eigenvalue weighted by atomic mass is 10.2. The summed E-state index contributed by atoms with van der Waals surface area (Å²) in [6.07, 6.45) is 6.07. The molecule has 4 heteroatoms. The molecule has 2 rings (SSSR count). The van der Waals surface area contributed by atoms with E-state index >= 15 is 0 Å². The lowest BCUT2D eigenvalue weighted by molar-refractivity contribution is 1.08. The van der Waals surface area contributed by atoms with E-state index in [2.05, 4.69) is 26.5 Å². The fourth-order valence-corrected chi connectivity index (χ4v) is 0.992. The van der Waals surface area contributed by atoms with Gasteiger partial charge in [0.25, 0.3) is 0 Å². The molecule has 1 radical (unpaired) electrons. The van der Waals surface area contributed by atoms with Crippen molar-refractivity contribution in [3.8, 4) is 11.4 Å². The largest absolute Gasteiger partial charge is 0.318 e. The summed E-state index contributed by atoms with van der Waals surface area (Å²) in [6.45, 7) is 1.98. The number of pyridine rings is 1. The van der Waals surface area contributed by atoms with Gasteiger partial charge in [-0.25, -0.2) is 0 Å². The minimum Gasteiger partial charge on any atom is -0.318 e. The van der Waals surface area contributed by atoms with Gasteiger partial charge in [-0.1, -0.05) is 0 Å². The molecule has 59 valence electrons. The van der Waals surface area contributed by atoms with Gasteiger partial charge in [-0.3, -0.25) is 4.98 Å². The summed E-state index contributed by atoms with van der Waals surface area (Å²) in [5, 5.41) is 7.40. The number of aryl methyl sites for hydroxylation is 1. The lowest BCUT2D eigenvalue weighted by Gasteiger charge is -1.95. The third-order valence-corrected chi connectivity index (χ3v) is 1.52. The van der Waals surface area contributed by atoms with Crippen LogP contribution >= 0.6 is 0 Å². The predicted molar refractivity (Wildman–Crippen MR) is 43.2 cm³/mol. The number of hydrogen-bond donors (Lipinski definition) is 1. The van der Waals surface area contributed by atoms with E-state index in [1.807, 2.05) is 13.0 Å². The summed E-state index contributed by atoms with van der Waals surface area (Å²) >= 11 is 0. The van der Waals surface area contributed by atoms with E-state index < -0.39 is 0 Å². The normalized spacial score (nSPS) is 10.1. The van der Waals surface area contributed by atoms with Crippen LogP contribution in [-0.4, -0.2) is 20.2 Å². The van der Waals surface area contributed by atoms with Gasteiger partial charge in [0.1, 0.15) is 0 Å². The van der Waals surface area contributed by atoms with Crippen molar-refractivity contribution >= 4 is 0 Å². The molecule has 0 spiro atoms. The molecule has 0 aromatic carbocycles. The first-order valence-corrected chi connectivity index (χ1v) is 3.57. The second kappa shape index (κ2) is 2.73. The zero-order chi connectivity index (χ0) is 8.39. The Balaban J connectivity index is 2.48. The highest BCUT2D eigenvalue weighted by Crippen LogP contribution is 2.12. The zero-order valence-electron chi connectivity index (χ0n) is 6.57. The Morgan fingerprint density at radius 1 is 1.42 bits per heavy atom. The van der Waals surface area contributed by atoms with E-state index in [-0.39, 0.29) is 0 Å². The Morgan fingerprint density at radius 2 is 2.33 bits per heavy atom. The van der Waals surface area contributed by atoms with Gasteiger partial charge in [0.15, 0.2) is 12.2 Å². The monoisotopic (exact) mass is 159 g/mol. The fraction of sp³-hybridized carbons (Fsp3) is 0.125. The Morgan fingerprint density at radius 3 is 3.00 bits per heavy atom. The summed E-state index contributed by atoms with van der Waals surface area (Å²) in [6, 6.07) is 1.99. The second-order valence-corrected chi connectivity index (χ2v) is 2.54. The van der Waals surface area contributed by atoms with E-state index in [9.17, 15) is 0 Å². The molecular weight excluding hydrogens is 152 g/mol. The third-order valence-electron chi connectivity index (χ3n) is 1.52. The van der Waals surface area contributed by atoms with Crippen LogP contribution in [0.4, 0.5) is 0 Å². The topological polar surface area (TPSA) is 54.5 Å². The van der Waals surface area contributed by atoms with Crippen LogP contribution in [0, 0.1) is 13.3 Å². The molecule has 4 nitrogen and oxygen atoms in total. The van der Waals surface area contributed by atoms with Crippen molar-refractivity contribution in [3.63, 3.8) is 0 Å². The number of aromatic nitrogens is 4. The minimum atomic E-state index is 0.700. The number of nitrogens with zero attached hydrogens (tertiary/aromatic N) is 3. The summed E-state index contributed by atoms with van der Waals surface area (Å²) in [5.41, 5.74) is 2.03. The molecule has 2 aromatic heterocycles. The minimum absolute atomic E-state index is 0.700. The van der Waals surface area contributed by atoms with Gasteiger partial charge >= 0.3 is 0 Å². The number of H-pyrrole nitrogens is 1. The molecule has 0 atom stereocenters. The molecule has 0 fully saturated rings. The zero-order valence-corrected chi connectivity index (χ0v) is 6.57. The fourth-order valence-electron chi connectivity index (χ4n) is 0.992. The van der Waals surface area contributed by atoms with E-state index in [0.717, 1.165) is 11.1 Å².